The fraction of sp³-hybridized carbons (Fsp3) is 0.333. The van der Waals surface area contributed by atoms with Gasteiger partial charge in [-0.2, -0.15) is 0 Å². The van der Waals surface area contributed by atoms with Crippen LogP contribution in [-0.4, -0.2) is 33.8 Å². The first kappa shape index (κ1) is 14.8. The molecule has 0 saturated carbocycles. The summed E-state index contributed by atoms with van der Waals surface area (Å²) >= 11 is 0.463. The molecule has 0 bridgehead atoms. The Morgan fingerprint density at radius 2 is 1.71 bits per heavy atom. The van der Waals surface area contributed by atoms with Crippen LogP contribution in [0.4, 0.5) is 0 Å². The van der Waals surface area contributed by atoms with Gasteiger partial charge in [-0.1, -0.05) is 0 Å². The van der Waals surface area contributed by atoms with Crippen molar-refractivity contribution in [3.63, 3.8) is 0 Å². The van der Waals surface area contributed by atoms with Gasteiger partial charge in [0.1, 0.15) is 0 Å². The standard InChI is InChI=1S/C18H20O2Se/c1-3-7-15(8-4-1)13-20-17-11-12-19-18(17)14-21-16-9-5-2-6-10-16/h1-10,17-18H,11-14H2/t17-,18-/m0/s1. The van der Waals surface area contributed by atoms with E-state index < -0.39 is 0 Å². The third kappa shape index (κ3) is 4.42. The van der Waals surface area contributed by atoms with Crippen molar-refractivity contribution in [1.82, 2.24) is 0 Å². The Morgan fingerprint density at radius 1 is 1.00 bits per heavy atom. The number of hydrogen-bond acceptors (Lipinski definition) is 2. The summed E-state index contributed by atoms with van der Waals surface area (Å²) in [5, 5.41) is 1.09. The van der Waals surface area contributed by atoms with Crippen molar-refractivity contribution in [2.75, 3.05) is 6.61 Å². The van der Waals surface area contributed by atoms with Crippen LogP contribution in [0.5, 0.6) is 0 Å². The molecule has 2 aromatic rings. The zero-order valence-corrected chi connectivity index (χ0v) is 13.7. The third-order valence-electron chi connectivity index (χ3n) is 3.61. The molecule has 1 heterocycles. The minimum atomic E-state index is 0.246. The van der Waals surface area contributed by atoms with E-state index >= 15 is 0 Å². The second-order valence-electron chi connectivity index (χ2n) is 5.16. The van der Waals surface area contributed by atoms with Gasteiger partial charge in [0.15, 0.2) is 0 Å². The van der Waals surface area contributed by atoms with E-state index in [4.69, 9.17) is 9.47 Å². The van der Waals surface area contributed by atoms with E-state index in [2.05, 4.69) is 54.6 Å². The van der Waals surface area contributed by atoms with E-state index in [1.807, 2.05) is 6.07 Å². The monoisotopic (exact) mass is 348 g/mol. The Balaban J connectivity index is 1.49. The van der Waals surface area contributed by atoms with Crippen LogP contribution in [0, 0.1) is 0 Å². The summed E-state index contributed by atoms with van der Waals surface area (Å²) in [6, 6.07) is 21.1. The van der Waals surface area contributed by atoms with Gasteiger partial charge in [-0.3, -0.25) is 0 Å². The predicted octanol–water partition coefficient (Wildman–Crippen LogP) is 2.81. The Morgan fingerprint density at radius 3 is 2.48 bits per heavy atom. The van der Waals surface area contributed by atoms with Crippen molar-refractivity contribution in [3.8, 4) is 0 Å². The van der Waals surface area contributed by atoms with Gasteiger partial charge in [0, 0.05) is 0 Å². The molecular weight excluding hydrogens is 327 g/mol. The summed E-state index contributed by atoms with van der Waals surface area (Å²) in [5.74, 6) is 0. The fourth-order valence-corrected chi connectivity index (χ4v) is 4.58. The van der Waals surface area contributed by atoms with Gasteiger partial charge in [-0.15, -0.1) is 0 Å². The van der Waals surface area contributed by atoms with Gasteiger partial charge in [0.2, 0.25) is 0 Å². The maximum atomic E-state index is 6.08. The van der Waals surface area contributed by atoms with Gasteiger partial charge >= 0.3 is 132 Å². The molecule has 1 aliphatic rings. The normalized spacial score (nSPS) is 21.5. The summed E-state index contributed by atoms with van der Waals surface area (Å²) < 4.78 is 13.4. The van der Waals surface area contributed by atoms with Crippen molar-refractivity contribution >= 4 is 19.4 Å². The first-order chi connectivity index (χ1) is 10.4. The Hall–Kier alpha value is -1.12. The van der Waals surface area contributed by atoms with Gasteiger partial charge in [0.25, 0.3) is 0 Å². The summed E-state index contributed by atoms with van der Waals surface area (Å²) in [6.07, 6.45) is 1.52. The molecule has 0 amide bonds. The fourth-order valence-electron chi connectivity index (χ4n) is 2.45. The molecule has 2 nitrogen and oxygen atoms in total. The first-order valence-corrected chi connectivity index (χ1v) is 9.43. The predicted molar refractivity (Wildman–Crippen MR) is 86.0 cm³/mol. The summed E-state index contributed by atoms with van der Waals surface area (Å²) in [5.41, 5.74) is 1.23. The molecular formula is C18H20O2Se. The first-order valence-electron chi connectivity index (χ1n) is 7.37. The molecule has 0 spiro atoms. The summed E-state index contributed by atoms with van der Waals surface area (Å²) in [7, 11) is 0. The number of benzene rings is 2. The minimum absolute atomic E-state index is 0.246. The van der Waals surface area contributed by atoms with Crippen LogP contribution in [0.3, 0.4) is 0 Å². The molecule has 1 fully saturated rings. The van der Waals surface area contributed by atoms with Gasteiger partial charge in [-0.05, 0) is 0 Å². The van der Waals surface area contributed by atoms with E-state index in [9.17, 15) is 0 Å². The van der Waals surface area contributed by atoms with Crippen LogP contribution in [0.15, 0.2) is 60.7 Å². The molecule has 1 saturated heterocycles. The molecule has 2 atom stereocenters. The van der Waals surface area contributed by atoms with Crippen LogP contribution in [0.25, 0.3) is 0 Å². The van der Waals surface area contributed by atoms with Gasteiger partial charge in [0.05, 0.1) is 0 Å². The summed E-state index contributed by atoms with van der Waals surface area (Å²) in [6.45, 7) is 1.51. The Labute approximate surface area is 132 Å². The molecule has 0 aromatic heterocycles. The van der Waals surface area contributed by atoms with Crippen LogP contribution < -0.4 is 4.46 Å². The van der Waals surface area contributed by atoms with Crippen molar-refractivity contribution in [1.29, 1.82) is 0 Å². The second kappa shape index (κ2) is 7.76. The van der Waals surface area contributed by atoms with Crippen LogP contribution >= 0.6 is 0 Å². The van der Waals surface area contributed by atoms with Gasteiger partial charge < -0.3 is 0 Å². The number of hydrogen-bond donors (Lipinski definition) is 0. The van der Waals surface area contributed by atoms with Crippen LogP contribution in [0.2, 0.25) is 5.32 Å². The van der Waals surface area contributed by atoms with E-state index in [0.717, 1.165) is 18.3 Å². The molecule has 0 N–H and O–H groups in total. The van der Waals surface area contributed by atoms with Gasteiger partial charge in [-0.25, -0.2) is 0 Å². The number of ether oxygens (including phenoxy) is 2. The van der Waals surface area contributed by atoms with Crippen LogP contribution in [-0.2, 0) is 16.1 Å². The molecule has 110 valence electrons. The third-order valence-corrected chi connectivity index (χ3v) is 5.92. The topological polar surface area (TPSA) is 18.5 Å². The molecule has 0 unspecified atom stereocenters. The average Bonchev–Trinajstić information content (AvgIpc) is 3.00. The van der Waals surface area contributed by atoms with Crippen molar-refractivity contribution < 1.29 is 9.47 Å². The van der Waals surface area contributed by atoms with Crippen molar-refractivity contribution in [2.24, 2.45) is 0 Å². The Bertz CT molecular complexity index is 480. The molecule has 1 aliphatic heterocycles. The van der Waals surface area contributed by atoms with E-state index in [1.54, 1.807) is 0 Å². The van der Waals surface area contributed by atoms with Crippen molar-refractivity contribution in [3.05, 3.63) is 66.2 Å². The molecule has 21 heavy (non-hydrogen) atoms. The number of rotatable bonds is 6. The summed E-state index contributed by atoms with van der Waals surface area (Å²) in [4.78, 5) is 0. The Kier molecular flexibility index (Phi) is 5.47. The quantitative estimate of drug-likeness (QED) is 0.748. The molecule has 3 rings (SSSR count). The zero-order chi connectivity index (χ0) is 14.3. The maximum absolute atomic E-state index is 6.08. The molecule has 2 aromatic carbocycles. The average molecular weight is 347 g/mol. The molecule has 0 aliphatic carbocycles. The van der Waals surface area contributed by atoms with E-state index in [-0.39, 0.29) is 12.2 Å². The molecule has 0 radical (unpaired) electrons. The SMILES string of the molecule is c1ccc(CO[C@H]2CCO[C@H]2C[Se]c2ccccc2)cc1. The zero-order valence-electron chi connectivity index (χ0n) is 12.0. The van der Waals surface area contributed by atoms with Crippen molar-refractivity contribution in [2.45, 2.75) is 30.6 Å². The van der Waals surface area contributed by atoms with Crippen LogP contribution in [0.1, 0.15) is 12.0 Å². The second-order valence-corrected chi connectivity index (χ2v) is 7.45. The van der Waals surface area contributed by atoms with E-state index in [1.165, 1.54) is 10.0 Å². The van der Waals surface area contributed by atoms with E-state index in [0.29, 0.717) is 21.6 Å². The molecule has 3 heteroatoms.